The highest BCUT2D eigenvalue weighted by Crippen LogP contribution is 2.36. The van der Waals surface area contributed by atoms with Gasteiger partial charge in [0.25, 0.3) is 0 Å². The molecular weight excluding hydrogens is 275 g/mol. The zero-order valence-electron chi connectivity index (χ0n) is 11.1. The van der Waals surface area contributed by atoms with Crippen molar-refractivity contribution in [1.29, 1.82) is 0 Å². The zero-order valence-corrected chi connectivity index (χ0v) is 11.9. The molecule has 0 saturated carbocycles. The van der Waals surface area contributed by atoms with Gasteiger partial charge in [-0.05, 0) is 42.5 Å². The summed E-state index contributed by atoms with van der Waals surface area (Å²) in [4.78, 5) is 4.90. The first-order valence-corrected chi connectivity index (χ1v) is 7.29. The number of aryl methyl sites for hydroxylation is 2. The molecule has 104 valence electrons. The summed E-state index contributed by atoms with van der Waals surface area (Å²) in [7, 11) is 0. The highest BCUT2D eigenvalue weighted by Gasteiger charge is 2.16. The monoisotopic (exact) mass is 290 g/mol. The van der Waals surface area contributed by atoms with Gasteiger partial charge in [0.15, 0.2) is 0 Å². The van der Waals surface area contributed by atoms with Crippen LogP contribution in [0.5, 0.6) is 0 Å². The van der Waals surface area contributed by atoms with E-state index in [1.165, 1.54) is 23.5 Å². The maximum Gasteiger partial charge on any atom is 0.123 e. The first-order valence-electron chi connectivity index (χ1n) is 6.47. The third-order valence-corrected chi connectivity index (χ3v) is 4.83. The zero-order chi connectivity index (χ0) is 14.1. The summed E-state index contributed by atoms with van der Waals surface area (Å²) in [6.07, 6.45) is 5.42. The summed E-state index contributed by atoms with van der Waals surface area (Å²) < 4.78 is 16.2. The van der Waals surface area contributed by atoms with E-state index in [-0.39, 0.29) is 5.82 Å². The Balaban J connectivity index is 1.84. The fraction of sp³-hybridized carbons (Fsp3) is 0.267. The lowest BCUT2D eigenvalue weighted by atomic mass is 10.1. The van der Waals surface area contributed by atoms with Crippen molar-refractivity contribution in [3.8, 4) is 0 Å². The number of hydrogen-bond donors (Lipinski definition) is 1. The van der Waals surface area contributed by atoms with Crippen LogP contribution < -0.4 is 0 Å². The van der Waals surface area contributed by atoms with E-state index in [1.54, 1.807) is 18.6 Å². The van der Waals surface area contributed by atoms with Crippen molar-refractivity contribution in [3.63, 3.8) is 0 Å². The molecule has 1 unspecified atom stereocenters. The van der Waals surface area contributed by atoms with E-state index >= 15 is 0 Å². The van der Waals surface area contributed by atoms with Gasteiger partial charge in [-0.2, -0.15) is 0 Å². The molecule has 0 fully saturated rings. The van der Waals surface area contributed by atoms with Crippen LogP contribution in [0.4, 0.5) is 4.39 Å². The molecule has 0 bridgehead atoms. The molecule has 3 aromatic rings. The van der Waals surface area contributed by atoms with Crippen LogP contribution in [0.2, 0.25) is 0 Å². The van der Waals surface area contributed by atoms with Crippen molar-refractivity contribution in [2.75, 3.05) is 0 Å². The number of benzene rings is 1. The highest BCUT2D eigenvalue weighted by atomic mass is 32.1. The molecule has 20 heavy (non-hydrogen) atoms. The van der Waals surface area contributed by atoms with Gasteiger partial charge >= 0.3 is 0 Å². The van der Waals surface area contributed by atoms with E-state index in [4.69, 9.17) is 0 Å². The first-order chi connectivity index (χ1) is 9.65. The van der Waals surface area contributed by atoms with Gasteiger partial charge in [0.2, 0.25) is 0 Å². The van der Waals surface area contributed by atoms with Crippen LogP contribution in [0.25, 0.3) is 10.1 Å². The number of fused-ring (bicyclic) bond motifs is 1. The van der Waals surface area contributed by atoms with E-state index in [9.17, 15) is 9.50 Å². The summed E-state index contributed by atoms with van der Waals surface area (Å²) in [5.74, 6) is -0.238. The van der Waals surface area contributed by atoms with Crippen LogP contribution in [0, 0.1) is 12.7 Å². The Hall–Kier alpha value is -1.72. The predicted octanol–water partition coefficient (Wildman–Crippen LogP) is 3.67. The number of aromatic nitrogens is 2. The highest BCUT2D eigenvalue weighted by molar-refractivity contribution is 7.19. The smallest absolute Gasteiger partial charge is 0.123 e. The standard InChI is InChI=1S/C15H15FN2OS/c1-10-12-8-11(16)2-3-14(12)20-15(10)13(19)4-6-18-7-5-17-9-18/h2-3,5,7-9,13,19H,4,6H2,1H3. The Morgan fingerprint density at radius 1 is 1.45 bits per heavy atom. The van der Waals surface area contributed by atoms with Crippen molar-refractivity contribution < 1.29 is 9.50 Å². The summed E-state index contributed by atoms with van der Waals surface area (Å²) in [6, 6.07) is 4.77. The van der Waals surface area contributed by atoms with Crippen LogP contribution in [-0.2, 0) is 6.54 Å². The van der Waals surface area contributed by atoms with Crippen LogP contribution in [0.15, 0.2) is 36.9 Å². The third kappa shape index (κ3) is 2.46. The lowest BCUT2D eigenvalue weighted by molar-refractivity contribution is 0.164. The van der Waals surface area contributed by atoms with Gasteiger partial charge < -0.3 is 9.67 Å². The van der Waals surface area contributed by atoms with Crippen molar-refractivity contribution in [1.82, 2.24) is 9.55 Å². The molecule has 3 rings (SSSR count). The lowest BCUT2D eigenvalue weighted by Crippen LogP contribution is -2.03. The normalized spacial score (nSPS) is 12.9. The molecule has 0 radical (unpaired) electrons. The van der Waals surface area contributed by atoms with Gasteiger partial charge in [-0.1, -0.05) is 0 Å². The van der Waals surface area contributed by atoms with Gasteiger partial charge in [-0.15, -0.1) is 11.3 Å². The molecular formula is C15H15FN2OS. The molecule has 0 saturated heterocycles. The minimum absolute atomic E-state index is 0.238. The molecule has 1 atom stereocenters. The second-order valence-corrected chi connectivity index (χ2v) is 5.92. The fourth-order valence-electron chi connectivity index (χ4n) is 2.35. The van der Waals surface area contributed by atoms with Gasteiger partial charge in [-0.3, -0.25) is 0 Å². The summed E-state index contributed by atoms with van der Waals surface area (Å²) in [6.45, 7) is 2.65. The topological polar surface area (TPSA) is 38.0 Å². The largest absolute Gasteiger partial charge is 0.387 e. The molecule has 1 aromatic carbocycles. The molecule has 3 nitrogen and oxygen atoms in total. The second kappa shape index (κ2) is 5.34. The van der Waals surface area contributed by atoms with E-state index in [1.807, 2.05) is 17.7 Å². The fourth-order valence-corrected chi connectivity index (χ4v) is 3.56. The van der Waals surface area contributed by atoms with Crippen molar-refractivity contribution in [2.45, 2.75) is 26.0 Å². The Morgan fingerprint density at radius 2 is 2.30 bits per heavy atom. The number of aliphatic hydroxyl groups excluding tert-OH is 1. The number of rotatable bonds is 4. The number of imidazole rings is 1. The van der Waals surface area contributed by atoms with Crippen molar-refractivity contribution >= 4 is 21.4 Å². The van der Waals surface area contributed by atoms with Crippen LogP contribution in [-0.4, -0.2) is 14.7 Å². The quantitative estimate of drug-likeness (QED) is 0.796. The molecule has 2 aromatic heterocycles. The number of thiophene rings is 1. The molecule has 0 aliphatic carbocycles. The van der Waals surface area contributed by atoms with E-state index < -0.39 is 6.10 Å². The molecule has 0 aliphatic rings. The summed E-state index contributed by atoms with van der Waals surface area (Å²) in [5.41, 5.74) is 0.975. The number of halogens is 1. The van der Waals surface area contributed by atoms with Crippen molar-refractivity contribution in [2.24, 2.45) is 0 Å². The van der Waals surface area contributed by atoms with Gasteiger partial charge in [-0.25, -0.2) is 9.37 Å². The molecule has 0 spiro atoms. The van der Waals surface area contributed by atoms with Gasteiger partial charge in [0.05, 0.1) is 12.4 Å². The molecule has 2 heterocycles. The summed E-state index contributed by atoms with van der Waals surface area (Å²) >= 11 is 1.54. The Labute approximate surface area is 120 Å². The lowest BCUT2D eigenvalue weighted by Gasteiger charge is -2.10. The maximum atomic E-state index is 13.3. The molecule has 5 heteroatoms. The third-order valence-electron chi connectivity index (χ3n) is 3.46. The predicted molar refractivity (Wildman–Crippen MR) is 78.3 cm³/mol. The van der Waals surface area contributed by atoms with Crippen LogP contribution in [0.1, 0.15) is 23.0 Å². The summed E-state index contributed by atoms with van der Waals surface area (Å²) in [5, 5.41) is 11.2. The number of nitrogens with zero attached hydrogens (tertiary/aromatic N) is 2. The average Bonchev–Trinajstić information content (AvgIpc) is 3.05. The maximum absolute atomic E-state index is 13.3. The molecule has 0 amide bonds. The van der Waals surface area contributed by atoms with Crippen LogP contribution >= 0.6 is 11.3 Å². The van der Waals surface area contributed by atoms with Gasteiger partial charge in [0.1, 0.15) is 5.82 Å². The van der Waals surface area contributed by atoms with E-state index in [0.717, 1.165) is 20.5 Å². The first kappa shape index (κ1) is 13.3. The minimum atomic E-state index is -0.530. The van der Waals surface area contributed by atoms with E-state index in [2.05, 4.69) is 4.98 Å². The minimum Gasteiger partial charge on any atom is -0.387 e. The molecule has 1 N–H and O–H groups in total. The van der Waals surface area contributed by atoms with E-state index in [0.29, 0.717) is 13.0 Å². The number of aliphatic hydroxyl groups is 1. The molecule has 0 aliphatic heterocycles. The second-order valence-electron chi connectivity index (χ2n) is 4.84. The number of hydrogen-bond acceptors (Lipinski definition) is 3. The van der Waals surface area contributed by atoms with Crippen LogP contribution in [0.3, 0.4) is 0 Å². The van der Waals surface area contributed by atoms with Crippen molar-refractivity contribution in [3.05, 3.63) is 53.2 Å². The van der Waals surface area contributed by atoms with Gasteiger partial charge in [0, 0.05) is 28.5 Å². The average molecular weight is 290 g/mol. The SMILES string of the molecule is Cc1c(C(O)CCn2ccnc2)sc2ccc(F)cc12. The Kier molecular flexibility index (Phi) is 3.54. The Morgan fingerprint density at radius 3 is 3.05 bits per heavy atom. The Bertz CT molecular complexity index is 721.